The Morgan fingerprint density at radius 3 is 3.08 bits per heavy atom. The van der Waals surface area contributed by atoms with Crippen molar-refractivity contribution in [3.05, 3.63) is 45.9 Å². The molecule has 8 heteroatoms. The number of carbonyl (C=O) groups excluding carboxylic acids is 1. The zero-order valence-corrected chi connectivity index (χ0v) is 13.8. The van der Waals surface area contributed by atoms with E-state index in [1.165, 1.54) is 4.68 Å². The van der Waals surface area contributed by atoms with Crippen molar-refractivity contribution in [2.75, 3.05) is 5.32 Å². The molecule has 1 aromatic carbocycles. The van der Waals surface area contributed by atoms with Crippen LogP contribution in [0.5, 0.6) is 0 Å². The molecule has 1 aliphatic carbocycles. The second-order valence-corrected chi connectivity index (χ2v) is 6.38. The third kappa shape index (κ3) is 2.48. The fraction of sp³-hybridized carbons (Fsp3) is 0.312. The van der Waals surface area contributed by atoms with Gasteiger partial charge in [0, 0.05) is 6.07 Å². The maximum absolute atomic E-state index is 12.6. The van der Waals surface area contributed by atoms with Crippen LogP contribution in [0.2, 0.25) is 0 Å². The van der Waals surface area contributed by atoms with Gasteiger partial charge < -0.3 is 5.32 Å². The van der Waals surface area contributed by atoms with Crippen LogP contribution in [-0.2, 0) is 17.6 Å². The van der Waals surface area contributed by atoms with Crippen LogP contribution in [0.25, 0.3) is 11.0 Å². The second kappa shape index (κ2) is 5.79. The van der Waals surface area contributed by atoms with E-state index in [-0.39, 0.29) is 11.5 Å². The summed E-state index contributed by atoms with van der Waals surface area (Å²) < 4.78 is 9.62. The molecule has 1 atom stereocenters. The molecular formula is C16H15N5O2S. The van der Waals surface area contributed by atoms with Crippen LogP contribution < -0.4 is 10.9 Å². The minimum atomic E-state index is -0.703. The third-order valence-corrected chi connectivity index (χ3v) is 4.82. The molecule has 7 nitrogen and oxygen atoms in total. The molecule has 2 heterocycles. The maximum Gasteiger partial charge on any atom is 0.267 e. The molecule has 0 bridgehead atoms. The van der Waals surface area contributed by atoms with Crippen molar-refractivity contribution in [2.45, 2.75) is 32.2 Å². The monoisotopic (exact) mass is 341 g/mol. The van der Waals surface area contributed by atoms with Crippen LogP contribution in [0.4, 0.5) is 5.69 Å². The fourth-order valence-electron chi connectivity index (χ4n) is 2.95. The first-order valence-corrected chi connectivity index (χ1v) is 8.50. The number of rotatable bonds is 3. The summed E-state index contributed by atoms with van der Waals surface area (Å²) in [5.74, 6) is -0.303. The normalized spacial score (nSPS) is 14.5. The van der Waals surface area contributed by atoms with Gasteiger partial charge in [0.25, 0.3) is 5.56 Å². The van der Waals surface area contributed by atoms with Crippen molar-refractivity contribution in [2.24, 2.45) is 0 Å². The van der Waals surface area contributed by atoms with Crippen molar-refractivity contribution in [1.29, 1.82) is 0 Å². The van der Waals surface area contributed by atoms with Crippen LogP contribution in [0.15, 0.2) is 29.1 Å². The van der Waals surface area contributed by atoms with Gasteiger partial charge in [-0.2, -0.15) is 13.8 Å². The maximum atomic E-state index is 12.6. The van der Waals surface area contributed by atoms with Gasteiger partial charge >= 0.3 is 0 Å². The molecule has 0 spiro atoms. The minimum absolute atomic E-state index is 0.244. The molecule has 2 aromatic heterocycles. The zero-order chi connectivity index (χ0) is 16.7. The van der Waals surface area contributed by atoms with Gasteiger partial charge in [0.05, 0.1) is 23.1 Å². The van der Waals surface area contributed by atoms with Crippen molar-refractivity contribution in [3.63, 3.8) is 0 Å². The molecular weight excluding hydrogens is 326 g/mol. The van der Waals surface area contributed by atoms with Crippen molar-refractivity contribution >= 4 is 34.4 Å². The highest BCUT2D eigenvalue weighted by atomic mass is 32.1. The number of fused-ring (bicyclic) bond motifs is 2. The summed E-state index contributed by atoms with van der Waals surface area (Å²) >= 11 is 1.10. The summed E-state index contributed by atoms with van der Waals surface area (Å²) in [6, 6.07) is 6.32. The lowest BCUT2D eigenvalue weighted by Gasteiger charge is -2.15. The van der Waals surface area contributed by atoms with E-state index in [0.717, 1.165) is 47.8 Å². The van der Waals surface area contributed by atoms with Crippen LogP contribution >= 0.6 is 11.7 Å². The molecule has 24 heavy (non-hydrogen) atoms. The standard InChI is InChI=1S/C16H15N5O2S/c1-9(21-14(22)8-10-4-2-5-11(10)18-21)16(23)17-12-6-3-7-13-15(12)20-24-19-13/h3,6-9H,2,4-5H2,1H3,(H,17,23). The predicted molar refractivity (Wildman–Crippen MR) is 91.3 cm³/mol. The molecule has 4 rings (SSSR count). The molecule has 0 saturated heterocycles. The number of hydrogen-bond acceptors (Lipinski definition) is 6. The molecule has 0 radical (unpaired) electrons. The van der Waals surface area contributed by atoms with E-state index >= 15 is 0 Å². The number of anilines is 1. The Labute approximate surface area is 141 Å². The van der Waals surface area contributed by atoms with E-state index in [9.17, 15) is 9.59 Å². The summed E-state index contributed by atoms with van der Waals surface area (Å²) in [5, 5.41) is 7.21. The lowest BCUT2D eigenvalue weighted by atomic mass is 10.2. The number of nitrogens with zero attached hydrogens (tertiary/aromatic N) is 4. The van der Waals surface area contributed by atoms with Gasteiger partial charge in [-0.05, 0) is 43.9 Å². The van der Waals surface area contributed by atoms with Gasteiger partial charge in [-0.3, -0.25) is 9.59 Å². The smallest absolute Gasteiger partial charge is 0.267 e. The summed E-state index contributed by atoms with van der Waals surface area (Å²) in [6.45, 7) is 1.67. The van der Waals surface area contributed by atoms with E-state index in [1.54, 1.807) is 19.1 Å². The van der Waals surface area contributed by atoms with Gasteiger partial charge in [-0.1, -0.05) is 6.07 Å². The SMILES string of the molecule is CC(C(=O)Nc1cccc2nsnc12)n1nc2c(cc1=O)CCC2. The molecule has 1 N–H and O–H groups in total. The first kappa shape index (κ1) is 14.9. The van der Waals surface area contributed by atoms with E-state index in [2.05, 4.69) is 19.2 Å². The number of aryl methyl sites for hydroxylation is 2. The Morgan fingerprint density at radius 2 is 2.21 bits per heavy atom. The summed E-state index contributed by atoms with van der Waals surface area (Å²) in [6.07, 6.45) is 2.75. The summed E-state index contributed by atoms with van der Waals surface area (Å²) in [7, 11) is 0. The average molecular weight is 341 g/mol. The molecule has 122 valence electrons. The van der Waals surface area contributed by atoms with Crippen LogP contribution in [-0.4, -0.2) is 24.4 Å². The van der Waals surface area contributed by atoms with E-state index in [1.807, 2.05) is 12.1 Å². The summed E-state index contributed by atoms with van der Waals surface area (Å²) in [5.41, 5.74) is 3.65. The lowest BCUT2D eigenvalue weighted by Crippen LogP contribution is -2.34. The lowest BCUT2D eigenvalue weighted by molar-refractivity contribution is -0.119. The third-order valence-electron chi connectivity index (χ3n) is 4.27. The number of benzene rings is 1. The largest absolute Gasteiger partial charge is 0.322 e. The second-order valence-electron chi connectivity index (χ2n) is 5.86. The Bertz CT molecular complexity index is 994. The van der Waals surface area contributed by atoms with Crippen molar-refractivity contribution in [3.8, 4) is 0 Å². The van der Waals surface area contributed by atoms with Crippen molar-refractivity contribution in [1.82, 2.24) is 18.5 Å². The minimum Gasteiger partial charge on any atom is -0.322 e. The van der Waals surface area contributed by atoms with Gasteiger partial charge in [0.1, 0.15) is 17.1 Å². The topological polar surface area (TPSA) is 89.8 Å². The van der Waals surface area contributed by atoms with Gasteiger partial charge in [0.15, 0.2) is 0 Å². The highest BCUT2D eigenvalue weighted by Gasteiger charge is 2.22. The fourth-order valence-corrected chi connectivity index (χ4v) is 3.50. The first-order valence-electron chi connectivity index (χ1n) is 7.77. The number of amides is 1. The van der Waals surface area contributed by atoms with Crippen LogP contribution in [0, 0.1) is 0 Å². The molecule has 1 amide bonds. The Hall–Kier alpha value is -2.61. The Balaban J connectivity index is 1.63. The molecule has 1 aliphatic rings. The van der Waals surface area contributed by atoms with Crippen LogP contribution in [0.3, 0.4) is 0 Å². The Morgan fingerprint density at radius 1 is 1.33 bits per heavy atom. The van der Waals surface area contributed by atoms with E-state index in [0.29, 0.717) is 11.2 Å². The van der Waals surface area contributed by atoms with Crippen LogP contribution in [0.1, 0.15) is 30.6 Å². The molecule has 1 unspecified atom stereocenters. The molecule has 0 aliphatic heterocycles. The Kier molecular flexibility index (Phi) is 3.61. The number of aromatic nitrogens is 4. The molecule has 0 fully saturated rings. The van der Waals surface area contributed by atoms with Crippen molar-refractivity contribution < 1.29 is 4.79 Å². The van der Waals surface area contributed by atoms with E-state index in [4.69, 9.17) is 0 Å². The predicted octanol–water partition coefficient (Wildman–Crippen LogP) is 1.94. The number of carbonyl (C=O) groups is 1. The molecule has 0 saturated carbocycles. The average Bonchev–Trinajstić information content (AvgIpc) is 3.22. The van der Waals surface area contributed by atoms with Gasteiger partial charge in [-0.25, -0.2) is 4.68 Å². The molecule has 3 aromatic rings. The highest BCUT2D eigenvalue weighted by Crippen LogP contribution is 2.22. The number of hydrogen-bond donors (Lipinski definition) is 1. The van der Waals surface area contributed by atoms with E-state index < -0.39 is 6.04 Å². The van der Waals surface area contributed by atoms with Gasteiger partial charge in [-0.15, -0.1) is 0 Å². The van der Waals surface area contributed by atoms with Gasteiger partial charge in [0.2, 0.25) is 5.91 Å². The zero-order valence-electron chi connectivity index (χ0n) is 13.0. The quantitative estimate of drug-likeness (QED) is 0.786. The first-order chi connectivity index (χ1) is 11.6. The summed E-state index contributed by atoms with van der Waals surface area (Å²) in [4.78, 5) is 24.8. The highest BCUT2D eigenvalue weighted by molar-refractivity contribution is 7.00. The number of nitrogens with one attached hydrogen (secondary N) is 1.